The number of carbonyl (C=O) groups is 1. The maximum Gasteiger partial charge on any atom is 0.228 e. The summed E-state index contributed by atoms with van der Waals surface area (Å²) in [5.74, 6) is 3.05. The Labute approximate surface area is 196 Å². The van der Waals surface area contributed by atoms with Crippen molar-refractivity contribution in [2.45, 2.75) is 56.8 Å². The molecule has 0 saturated heterocycles. The van der Waals surface area contributed by atoms with Crippen LogP contribution in [0, 0.1) is 11.8 Å². The Kier molecular flexibility index (Phi) is 4.53. The van der Waals surface area contributed by atoms with E-state index >= 15 is 0 Å². The molecule has 0 unspecified atom stereocenters. The van der Waals surface area contributed by atoms with Gasteiger partial charge in [-0.1, -0.05) is 55.3 Å². The van der Waals surface area contributed by atoms with Crippen molar-refractivity contribution in [2.75, 3.05) is 23.3 Å². The maximum atomic E-state index is 13.2. The summed E-state index contributed by atoms with van der Waals surface area (Å²) in [6.07, 6.45) is 8.46. The fourth-order valence-corrected chi connectivity index (χ4v) is 7.66. The van der Waals surface area contributed by atoms with Gasteiger partial charge in [0, 0.05) is 24.5 Å². The summed E-state index contributed by atoms with van der Waals surface area (Å²) in [6.45, 7) is 2.50. The third-order valence-corrected chi connectivity index (χ3v) is 9.03. The van der Waals surface area contributed by atoms with Gasteiger partial charge in [0.1, 0.15) is 0 Å². The predicted molar refractivity (Wildman–Crippen MR) is 135 cm³/mol. The number of nitrogens with one attached hydrogen (secondary N) is 1. The molecule has 2 saturated carbocycles. The lowest BCUT2D eigenvalue weighted by atomic mass is 9.75. The van der Waals surface area contributed by atoms with Crippen molar-refractivity contribution in [1.29, 1.82) is 0 Å². The third-order valence-electron chi connectivity index (χ3n) is 9.03. The van der Waals surface area contributed by atoms with Crippen molar-refractivity contribution in [1.82, 2.24) is 0 Å². The second-order valence-corrected chi connectivity index (χ2v) is 10.9. The number of anilines is 2. The minimum absolute atomic E-state index is 0.0907. The number of rotatable bonds is 3. The van der Waals surface area contributed by atoms with Crippen LogP contribution in [0.1, 0.15) is 67.1 Å². The van der Waals surface area contributed by atoms with Gasteiger partial charge in [0.05, 0.1) is 6.42 Å². The van der Waals surface area contributed by atoms with Gasteiger partial charge in [0.25, 0.3) is 0 Å². The molecule has 7 rings (SSSR count). The van der Waals surface area contributed by atoms with Crippen molar-refractivity contribution in [2.24, 2.45) is 11.8 Å². The molecule has 3 heteroatoms. The molecule has 0 bridgehead atoms. The lowest BCUT2D eigenvalue weighted by Gasteiger charge is -2.46. The summed E-state index contributed by atoms with van der Waals surface area (Å²) in [4.78, 5) is 15.9. The molecule has 2 fully saturated rings. The molecule has 1 amide bonds. The van der Waals surface area contributed by atoms with Gasteiger partial charge in [0.2, 0.25) is 5.91 Å². The van der Waals surface area contributed by atoms with Crippen LogP contribution in [0.25, 0.3) is 10.8 Å². The van der Waals surface area contributed by atoms with E-state index < -0.39 is 0 Å². The van der Waals surface area contributed by atoms with Crippen LogP contribution >= 0.6 is 0 Å². The summed E-state index contributed by atoms with van der Waals surface area (Å²) in [5.41, 5.74) is 6.74. The van der Waals surface area contributed by atoms with E-state index in [4.69, 9.17) is 0 Å². The summed E-state index contributed by atoms with van der Waals surface area (Å²) < 4.78 is 0. The molecule has 3 aromatic rings. The molecule has 168 valence electrons. The molecule has 2 aliphatic heterocycles. The average molecular weight is 437 g/mol. The first-order chi connectivity index (χ1) is 16.2. The number of hydrogen-bond donors (Lipinski definition) is 1. The molecule has 33 heavy (non-hydrogen) atoms. The van der Waals surface area contributed by atoms with Crippen molar-refractivity contribution in [3.05, 3.63) is 71.3 Å². The van der Waals surface area contributed by atoms with Crippen LogP contribution in [0.4, 0.5) is 11.4 Å². The quantitative estimate of drug-likeness (QED) is 0.500. The molecule has 0 aromatic heterocycles. The fraction of sp³-hybridized carbons (Fsp3) is 0.433. The van der Waals surface area contributed by atoms with Crippen LogP contribution in [0.2, 0.25) is 0 Å². The molecule has 3 aromatic carbocycles. The van der Waals surface area contributed by atoms with Gasteiger partial charge in [-0.15, -0.1) is 0 Å². The smallest absolute Gasteiger partial charge is 0.228 e. The van der Waals surface area contributed by atoms with Crippen LogP contribution in [0.3, 0.4) is 0 Å². The third kappa shape index (κ3) is 3.19. The largest absolute Gasteiger partial charge is 0.370 e. The molecule has 3 nitrogen and oxygen atoms in total. The number of amides is 1. The number of nitrogens with zero attached hydrogens (tertiary/aromatic N) is 1. The van der Waals surface area contributed by atoms with Gasteiger partial charge >= 0.3 is 0 Å². The Balaban J connectivity index is 1.23. The van der Waals surface area contributed by atoms with E-state index in [0.717, 1.165) is 23.1 Å². The standard InChI is InChI=1S/C30H32N2O/c33-29(14-20-8-3-7-19-6-1-2-11-24(19)20)31-23-15-27-25-12-4-9-21(25)17-32-18-22-10-5-13-26(22)28(16-23)30(27)32/h1-3,6-8,11,15-16,21-22,25-26H,4-5,9-10,12-14,17-18H2,(H,31,33)/t21-,22-,25-,26+/m0/s1. The van der Waals surface area contributed by atoms with E-state index in [-0.39, 0.29) is 5.91 Å². The molecule has 4 atom stereocenters. The van der Waals surface area contributed by atoms with E-state index in [2.05, 4.69) is 64.8 Å². The Bertz CT molecular complexity index is 1200. The van der Waals surface area contributed by atoms with Crippen LogP contribution in [0.5, 0.6) is 0 Å². The summed E-state index contributed by atoms with van der Waals surface area (Å²) in [6, 6.07) is 19.3. The van der Waals surface area contributed by atoms with Crippen molar-refractivity contribution in [3.8, 4) is 0 Å². The number of carbonyl (C=O) groups excluding carboxylic acids is 1. The zero-order chi connectivity index (χ0) is 21.9. The molecule has 2 aliphatic carbocycles. The highest BCUT2D eigenvalue weighted by atomic mass is 16.1. The minimum Gasteiger partial charge on any atom is -0.370 e. The fourth-order valence-electron chi connectivity index (χ4n) is 7.66. The van der Waals surface area contributed by atoms with E-state index in [9.17, 15) is 4.79 Å². The van der Waals surface area contributed by atoms with E-state index in [1.54, 1.807) is 5.69 Å². The lowest BCUT2D eigenvalue weighted by Crippen LogP contribution is -2.43. The van der Waals surface area contributed by atoms with Crippen molar-refractivity contribution in [3.63, 3.8) is 0 Å². The Morgan fingerprint density at radius 2 is 1.52 bits per heavy atom. The first kappa shape index (κ1) is 19.6. The van der Waals surface area contributed by atoms with Crippen LogP contribution in [-0.4, -0.2) is 19.0 Å². The van der Waals surface area contributed by atoms with Gasteiger partial charge in [0.15, 0.2) is 0 Å². The van der Waals surface area contributed by atoms with Gasteiger partial charge in [-0.05, 0) is 89.0 Å². The SMILES string of the molecule is O=C(Cc1cccc2ccccc12)Nc1cc2c3c(c1)[C@@H]1CCC[C@H]1CN3C[C@@H]1CCC[C@H]21. The molecule has 2 heterocycles. The van der Waals surface area contributed by atoms with Crippen LogP contribution in [-0.2, 0) is 11.2 Å². The van der Waals surface area contributed by atoms with Gasteiger partial charge in [-0.3, -0.25) is 4.79 Å². The average Bonchev–Trinajstić information content (AvgIpc) is 3.49. The summed E-state index contributed by atoms with van der Waals surface area (Å²) >= 11 is 0. The normalized spacial score (nSPS) is 27.2. The zero-order valence-electron chi connectivity index (χ0n) is 19.2. The van der Waals surface area contributed by atoms with Gasteiger partial charge in [-0.2, -0.15) is 0 Å². The molecule has 4 aliphatic rings. The molecule has 1 N–H and O–H groups in total. The van der Waals surface area contributed by atoms with Crippen molar-refractivity contribution < 1.29 is 4.79 Å². The highest BCUT2D eigenvalue weighted by Gasteiger charge is 2.44. The number of hydrogen-bond acceptors (Lipinski definition) is 2. The zero-order valence-corrected chi connectivity index (χ0v) is 19.2. The first-order valence-electron chi connectivity index (χ1n) is 12.9. The molecule has 0 spiro atoms. The highest BCUT2D eigenvalue weighted by molar-refractivity contribution is 5.96. The Morgan fingerprint density at radius 1 is 0.848 bits per heavy atom. The molecule has 0 radical (unpaired) electrons. The second kappa shape index (κ2) is 7.62. The minimum atomic E-state index is 0.0907. The predicted octanol–water partition coefficient (Wildman–Crippen LogP) is 6.62. The monoisotopic (exact) mass is 436 g/mol. The Morgan fingerprint density at radius 3 is 2.24 bits per heavy atom. The summed E-state index contributed by atoms with van der Waals surface area (Å²) in [5, 5.41) is 5.69. The van der Waals surface area contributed by atoms with Crippen LogP contribution < -0.4 is 10.2 Å². The number of fused-ring (bicyclic) bond motifs is 5. The van der Waals surface area contributed by atoms with E-state index in [1.165, 1.54) is 73.5 Å². The van der Waals surface area contributed by atoms with E-state index in [0.29, 0.717) is 18.3 Å². The maximum absolute atomic E-state index is 13.2. The second-order valence-electron chi connectivity index (χ2n) is 10.9. The van der Waals surface area contributed by atoms with Crippen LogP contribution in [0.15, 0.2) is 54.6 Å². The van der Waals surface area contributed by atoms with Gasteiger partial charge in [-0.25, -0.2) is 0 Å². The Hall–Kier alpha value is -2.81. The van der Waals surface area contributed by atoms with Crippen molar-refractivity contribution >= 4 is 28.1 Å². The number of benzene rings is 3. The lowest BCUT2D eigenvalue weighted by molar-refractivity contribution is -0.115. The summed E-state index contributed by atoms with van der Waals surface area (Å²) in [7, 11) is 0. The molecular formula is C30H32N2O. The van der Waals surface area contributed by atoms with Gasteiger partial charge < -0.3 is 10.2 Å². The first-order valence-corrected chi connectivity index (χ1v) is 12.9. The highest BCUT2D eigenvalue weighted by Crippen LogP contribution is 2.56. The van der Waals surface area contributed by atoms with E-state index in [1.807, 2.05) is 0 Å². The molecular weight excluding hydrogens is 404 g/mol. The topological polar surface area (TPSA) is 32.3 Å².